The van der Waals surface area contributed by atoms with E-state index in [1.165, 1.54) is 0 Å². The minimum Gasteiger partial charge on any atom is -0.503 e. The Morgan fingerprint density at radius 2 is 1.90 bits per heavy atom. The van der Waals surface area contributed by atoms with E-state index in [0.29, 0.717) is 24.8 Å². The second-order valence-electron chi connectivity index (χ2n) is 6.32. The SMILES string of the molecule is C[C@]12CC=C(c3cc(F)c(O)c(F)c3F)C[C@@H]1CC[C@@H]2O. The third-order valence-corrected chi connectivity index (χ3v) is 5.22. The lowest BCUT2D eigenvalue weighted by Crippen LogP contribution is -2.34. The van der Waals surface area contributed by atoms with Crippen LogP contribution in [-0.4, -0.2) is 16.3 Å². The van der Waals surface area contributed by atoms with Crippen LogP contribution in [-0.2, 0) is 0 Å². The van der Waals surface area contributed by atoms with Gasteiger partial charge in [-0.2, -0.15) is 4.39 Å². The summed E-state index contributed by atoms with van der Waals surface area (Å²) < 4.78 is 40.9. The summed E-state index contributed by atoms with van der Waals surface area (Å²) in [6.45, 7) is 2.00. The number of aliphatic hydroxyl groups excluding tert-OH is 1. The van der Waals surface area contributed by atoms with Gasteiger partial charge in [-0.05, 0) is 43.2 Å². The van der Waals surface area contributed by atoms with Crippen LogP contribution in [0.15, 0.2) is 12.1 Å². The molecular weight excluding hydrogens is 281 g/mol. The second-order valence-corrected chi connectivity index (χ2v) is 6.32. The van der Waals surface area contributed by atoms with Gasteiger partial charge < -0.3 is 10.2 Å². The normalized spacial score (nSPS) is 32.0. The van der Waals surface area contributed by atoms with Crippen LogP contribution in [0.25, 0.3) is 5.57 Å². The minimum absolute atomic E-state index is 0.133. The van der Waals surface area contributed by atoms with Gasteiger partial charge in [0.05, 0.1) is 6.10 Å². The summed E-state index contributed by atoms with van der Waals surface area (Å²) in [4.78, 5) is 0. The van der Waals surface area contributed by atoms with Gasteiger partial charge in [-0.3, -0.25) is 0 Å². The Morgan fingerprint density at radius 3 is 2.62 bits per heavy atom. The highest BCUT2D eigenvalue weighted by Gasteiger charge is 2.47. The van der Waals surface area contributed by atoms with Gasteiger partial charge in [-0.25, -0.2) is 8.78 Å². The van der Waals surface area contributed by atoms with Crippen LogP contribution in [0.4, 0.5) is 13.2 Å². The van der Waals surface area contributed by atoms with E-state index < -0.39 is 29.3 Å². The number of aliphatic hydroxyl groups is 1. The van der Waals surface area contributed by atoms with Crippen LogP contribution >= 0.6 is 0 Å². The maximum Gasteiger partial charge on any atom is 0.204 e. The molecule has 0 aliphatic heterocycles. The van der Waals surface area contributed by atoms with E-state index in [1.807, 2.05) is 6.92 Å². The van der Waals surface area contributed by atoms with E-state index in [9.17, 15) is 18.3 Å². The standard InChI is InChI=1S/C16H17F3O2/c1-16-5-4-8(6-9(16)2-3-12(16)20)10-7-11(17)15(21)14(19)13(10)18/h4,7,9,12,20-21H,2-3,5-6H2,1H3/t9-,12-,16-/m0/s1. The Kier molecular flexibility index (Phi) is 3.28. The van der Waals surface area contributed by atoms with E-state index >= 15 is 0 Å². The molecule has 2 N–H and O–H groups in total. The fourth-order valence-electron chi connectivity index (χ4n) is 3.66. The Bertz CT molecular complexity index is 626. The topological polar surface area (TPSA) is 40.5 Å². The van der Waals surface area contributed by atoms with Crippen molar-refractivity contribution in [3.8, 4) is 5.75 Å². The number of allylic oxidation sites excluding steroid dienone is 2. The number of phenolic OH excluding ortho intramolecular Hbond substituents is 1. The first-order chi connectivity index (χ1) is 9.84. The molecule has 0 spiro atoms. The van der Waals surface area contributed by atoms with Crippen LogP contribution < -0.4 is 0 Å². The van der Waals surface area contributed by atoms with Crippen molar-refractivity contribution in [2.45, 2.75) is 38.7 Å². The number of rotatable bonds is 1. The number of benzene rings is 1. The van der Waals surface area contributed by atoms with Gasteiger partial charge in [0.15, 0.2) is 17.4 Å². The molecule has 0 saturated heterocycles. The van der Waals surface area contributed by atoms with Crippen molar-refractivity contribution >= 4 is 5.57 Å². The first kappa shape index (κ1) is 14.4. The predicted molar refractivity (Wildman–Crippen MR) is 72.0 cm³/mol. The van der Waals surface area contributed by atoms with E-state index in [0.717, 1.165) is 12.5 Å². The van der Waals surface area contributed by atoms with E-state index in [2.05, 4.69) is 0 Å². The molecule has 3 atom stereocenters. The molecule has 0 radical (unpaired) electrons. The summed E-state index contributed by atoms with van der Waals surface area (Å²) in [6, 6.07) is 0.841. The van der Waals surface area contributed by atoms with Crippen LogP contribution in [0.2, 0.25) is 0 Å². The number of phenols is 1. The largest absolute Gasteiger partial charge is 0.503 e. The molecular formula is C16H17F3O2. The van der Waals surface area contributed by atoms with E-state index in [4.69, 9.17) is 5.11 Å². The van der Waals surface area contributed by atoms with Crippen molar-refractivity contribution in [2.75, 3.05) is 0 Å². The van der Waals surface area contributed by atoms with Crippen molar-refractivity contribution in [3.63, 3.8) is 0 Å². The van der Waals surface area contributed by atoms with Crippen molar-refractivity contribution in [1.82, 2.24) is 0 Å². The van der Waals surface area contributed by atoms with Crippen molar-refractivity contribution in [3.05, 3.63) is 35.2 Å². The molecule has 1 saturated carbocycles. The molecule has 0 heterocycles. The average Bonchev–Trinajstić information content (AvgIpc) is 2.76. The van der Waals surface area contributed by atoms with Crippen molar-refractivity contribution < 1.29 is 23.4 Å². The lowest BCUT2D eigenvalue weighted by molar-refractivity contribution is 0.0400. The highest BCUT2D eigenvalue weighted by atomic mass is 19.2. The summed E-state index contributed by atoms with van der Waals surface area (Å²) >= 11 is 0. The minimum atomic E-state index is -1.55. The molecule has 0 unspecified atom stereocenters. The Balaban J connectivity index is 2.00. The van der Waals surface area contributed by atoms with Crippen LogP contribution in [0.5, 0.6) is 5.75 Å². The van der Waals surface area contributed by atoms with E-state index in [-0.39, 0.29) is 16.9 Å². The first-order valence-corrected chi connectivity index (χ1v) is 7.08. The van der Waals surface area contributed by atoms with Crippen LogP contribution in [0, 0.1) is 28.8 Å². The Labute approximate surface area is 120 Å². The van der Waals surface area contributed by atoms with Crippen molar-refractivity contribution in [2.24, 2.45) is 11.3 Å². The lowest BCUT2D eigenvalue weighted by Gasteiger charge is -2.38. The molecule has 114 valence electrons. The maximum atomic E-state index is 14.0. The number of halogens is 3. The molecule has 1 fully saturated rings. The third kappa shape index (κ3) is 2.06. The highest BCUT2D eigenvalue weighted by molar-refractivity contribution is 5.68. The predicted octanol–water partition coefficient (Wildman–Crippen LogP) is 3.76. The molecule has 2 aliphatic carbocycles. The zero-order valence-electron chi connectivity index (χ0n) is 11.7. The van der Waals surface area contributed by atoms with Crippen LogP contribution in [0.1, 0.15) is 38.2 Å². The molecule has 21 heavy (non-hydrogen) atoms. The molecule has 2 aliphatic rings. The van der Waals surface area contributed by atoms with Gasteiger partial charge in [0.25, 0.3) is 0 Å². The van der Waals surface area contributed by atoms with E-state index in [1.54, 1.807) is 6.08 Å². The first-order valence-electron chi connectivity index (χ1n) is 7.08. The Hall–Kier alpha value is -1.49. The molecule has 5 heteroatoms. The molecule has 0 aromatic heterocycles. The van der Waals surface area contributed by atoms with Crippen molar-refractivity contribution in [1.29, 1.82) is 0 Å². The highest BCUT2D eigenvalue weighted by Crippen LogP contribution is 2.53. The number of hydrogen-bond acceptors (Lipinski definition) is 2. The molecule has 2 nitrogen and oxygen atoms in total. The summed E-state index contributed by atoms with van der Waals surface area (Å²) in [5.41, 5.74) is 0.168. The quantitative estimate of drug-likeness (QED) is 0.775. The summed E-state index contributed by atoms with van der Waals surface area (Å²) in [5.74, 6) is -5.04. The van der Waals surface area contributed by atoms with Gasteiger partial charge in [0, 0.05) is 11.0 Å². The van der Waals surface area contributed by atoms with Gasteiger partial charge in [-0.1, -0.05) is 13.0 Å². The monoisotopic (exact) mass is 298 g/mol. The molecule has 0 bridgehead atoms. The number of aromatic hydroxyl groups is 1. The van der Waals surface area contributed by atoms with Gasteiger partial charge >= 0.3 is 0 Å². The Morgan fingerprint density at radius 1 is 1.19 bits per heavy atom. The number of fused-ring (bicyclic) bond motifs is 1. The summed E-state index contributed by atoms with van der Waals surface area (Å²) in [6.07, 6.45) is 3.91. The summed E-state index contributed by atoms with van der Waals surface area (Å²) in [5, 5.41) is 19.2. The fraction of sp³-hybridized carbons (Fsp3) is 0.500. The van der Waals surface area contributed by atoms with Gasteiger partial charge in [0.2, 0.25) is 5.82 Å². The zero-order valence-corrected chi connectivity index (χ0v) is 11.7. The second kappa shape index (κ2) is 4.77. The molecule has 1 aromatic rings. The fourth-order valence-corrected chi connectivity index (χ4v) is 3.66. The van der Waals surface area contributed by atoms with Gasteiger partial charge in [0.1, 0.15) is 0 Å². The zero-order chi connectivity index (χ0) is 15.4. The molecule has 1 aromatic carbocycles. The number of hydrogen-bond donors (Lipinski definition) is 2. The molecule has 3 rings (SSSR count). The summed E-state index contributed by atoms with van der Waals surface area (Å²) in [7, 11) is 0. The average molecular weight is 298 g/mol. The lowest BCUT2D eigenvalue weighted by atomic mass is 9.68. The maximum absolute atomic E-state index is 14.0. The van der Waals surface area contributed by atoms with Gasteiger partial charge in [-0.15, -0.1) is 0 Å². The molecule has 0 amide bonds. The third-order valence-electron chi connectivity index (χ3n) is 5.22. The smallest absolute Gasteiger partial charge is 0.204 e. The van der Waals surface area contributed by atoms with Crippen LogP contribution in [0.3, 0.4) is 0 Å².